The van der Waals surface area contributed by atoms with E-state index in [1.165, 1.54) is 0 Å². The molecule has 2 atom stereocenters. The van der Waals surface area contributed by atoms with Crippen molar-refractivity contribution in [2.24, 2.45) is 11.7 Å². The Balaban J connectivity index is 1.88. The average molecular weight is 732 g/mol. The number of alkyl carbamates (subject to hydrolysis) is 1. The van der Waals surface area contributed by atoms with Gasteiger partial charge in [-0.05, 0) is 70.1 Å². The molecule has 0 spiro atoms. The van der Waals surface area contributed by atoms with Crippen LogP contribution in [0.1, 0.15) is 104 Å². The van der Waals surface area contributed by atoms with Gasteiger partial charge < -0.3 is 41.9 Å². The number of carbonyl (C=O) groups excluding carboxylic acids is 8. The van der Waals surface area contributed by atoms with E-state index in [4.69, 9.17) is 15.3 Å². The second kappa shape index (κ2) is 21.2. The topological polar surface area (TPSA) is 244 Å². The Kier molecular flexibility index (Phi) is 17.5. The molecule has 0 aromatic heterocycles. The number of benzene rings is 1. The smallest absolute Gasteiger partial charge is 0.407 e. The standard InChI is InChI=1S/C35H53N7O10/c1-22(2)30(40-26(43)12-8-6-7-9-13-29(46)52-42-27(44)18-19-28(42)45)32(48)39-25(11-10-20-37-33(36)49)31(47)38-24-16-14-23(15-17-24)21-51-34(50)41-35(3,4)5/h14-17,22,25,30H,6-13,18-21H2,1-5H3,(H,38,47)(H,39,48)(H,40,43)(H,41,50)(H3,36,37,49)/t25-,30-/m0/s1. The van der Waals surface area contributed by atoms with Crippen molar-refractivity contribution in [3.8, 4) is 0 Å². The molecule has 0 aliphatic carbocycles. The zero-order valence-corrected chi connectivity index (χ0v) is 30.6. The first-order chi connectivity index (χ1) is 24.4. The van der Waals surface area contributed by atoms with E-state index >= 15 is 0 Å². The maximum absolute atomic E-state index is 13.4. The Morgan fingerprint density at radius 2 is 1.46 bits per heavy atom. The summed E-state index contributed by atoms with van der Waals surface area (Å²) in [6.07, 6.45) is 2.26. The maximum Gasteiger partial charge on any atom is 0.407 e. The van der Waals surface area contributed by atoms with Crippen LogP contribution in [0.2, 0.25) is 0 Å². The van der Waals surface area contributed by atoms with Crippen molar-refractivity contribution < 1.29 is 47.9 Å². The Morgan fingerprint density at radius 3 is 2.04 bits per heavy atom. The minimum atomic E-state index is -1.02. The second-order valence-corrected chi connectivity index (χ2v) is 13.9. The number of primary amides is 1. The van der Waals surface area contributed by atoms with Crippen molar-refractivity contribution in [2.45, 2.75) is 123 Å². The van der Waals surface area contributed by atoms with Crippen molar-refractivity contribution >= 4 is 53.3 Å². The lowest BCUT2D eigenvalue weighted by molar-refractivity contribution is -0.197. The molecular weight excluding hydrogens is 678 g/mol. The fraction of sp³-hybridized carbons (Fsp3) is 0.600. The zero-order chi connectivity index (χ0) is 38.8. The highest BCUT2D eigenvalue weighted by Gasteiger charge is 2.33. The van der Waals surface area contributed by atoms with E-state index in [0.29, 0.717) is 48.4 Å². The summed E-state index contributed by atoms with van der Waals surface area (Å²) in [4.78, 5) is 103. The van der Waals surface area contributed by atoms with Gasteiger partial charge in [0.05, 0.1) is 0 Å². The van der Waals surface area contributed by atoms with Crippen LogP contribution >= 0.6 is 0 Å². The van der Waals surface area contributed by atoms with Crippen LogP contribution in [0, 0.1) is 5.92 Å². The third-order valence-corrected chi connectivity index (χ3v) is 7.67. The molecule has 288 valence electrons. The number of hydrogen-bond acceptors (Lipinski definition) is 10. The van der Waals surface area contributed by atoms with Crippen LogP contribution in [-0.4, -0.2) is 76.9 Å². The summed E-state index contributed by atoms with van der Waals surface area (Å²) in [6, 6.07) is 3.96. The molecule has 1 aromatic rings. The quantitative estimate of drug-likeness (QED) is 0.0846. The molecule has 2 rings (SSSR count). The lowest BCUT2D eigenvalue weighted by atomic mass is 10.0. The molecule has 0 bridgehead atoms. The molecular formula is C35H53N7O10. The van der Waals surface area contributed by atoms with Gasteiger partial charge in [-0.15, -0.1) is 5.06 Å². The molecule has 1 saturated heterocycles. The predicted molar refractivity (Wildman–Crippen MR) is 189 cm³/mol. The Hall–Kier alpha value is -5.22. The molecule has 17 heteroatoms. The first kappa shape index (κ1) is 42.9. The monoisotopic (exact) mass is 731 g/mol. The normalized spacial score (nSPS) is 13.9. The van der Waals surface area contributed by atoms with Crippen LogP contribution in [0.25, 0.3) is 0 Å². The lowest BCUT2D eigenvalue weighted by Crippen LogP contribution is -2.54. The molecule has 17 nitrogen and oxygen atoms in total. The molecule has 52 heavy (non-hydrogen) atoms. The number of hydrogen-bond donors (Lipinski definition) is 6. The summed E-state index contributed by atoms with van der Waals surface area (Å²) in [6.45, 7) is 9.22. The molecule has 1 heterocycles. The molecule has 1 aliphatic rings. The van der Waals surface area contributed by atoms with Gasteiger partial charge in [0.15, 0.2) is 0 Å². The number of hydroxylamine groups is 2. The number of amides is 8. The molecule has 7 N–H and O–H groups in total. The molecule has 1 aliphatic heterocycles. The Labute approximate surface area is 303 Å². The van der Waals surface area contributed by atoms with Crippen molar-refractivity contribution in [1.82, 2.24) is 26.3 Å². The van der Waals surface area contributed by atoms with E-state index in [0.717, 1.165) is 0 Å². The summed E-state index contributed by atoms with van der Waals surface area (Å²) in [5, 5.41) is 13.9. The lowest BCUT2D eigenvalue weighted by Gasteiger charge is -2.25. The number of ether oxygens (including phenoxy) is 1. The highest BCUT2D eigenvalue weighted by atomic mass is 16.7. The summed E-state index contributed by atoms with van der Waals surface area (Å²) in [7, 11) is 0. The first-order valence-electron chi connectivity index (χ1n) is 17.5. The molecule has 0 radical (unpaired) electrons. The number of imide groups is 1. The number of anilines is 1. The molecule has 8 amide bonds. The number of nitrogens with two attached hydrogens (primary N) is 1. The fourth-order valence-corrected chi connectivity index (χ4v) is 4.95. The number of nitrogens with zero attached hydrogens (tertiary/aromatic N) is 1. The van der Waals surface area contributed by atoms with Crippen LogP contribution in [0.3, 0.4) is 0 Å². The van der Waals surface area contributed by atoms with Crippen LogP contribution in [0.15, 0.2) is 24.3 Å². The molecule has 0 unspecified atom stereocenters. The van der Waals surface area contributed by atoms with Crippen molar-refractivity contribution in [1.29, 1.82) is 0 Å². The Morgan fingerprint density at radius 1 is 0.846 bits per heavy atom. The van der Waals surface area contributed by atoms with Crippen LogP contribution in [0.4, 0.5) is 15.3 Å². The van der Waals surface area contributed by atoms with E-state index < -0.39 is 59.3 Å². The van der Waals surface area contributed by atoms with Crippen LogP contribution in [-0.2, 0) is 44.9 Å². The number of urea groups is 1. The number of nitrogens with one attached hydrogen (secondary N) is 5. The molecule has 1 fully saturated rings. The van der Waals surface area contributed by atoms with Crippen LogP contribution < -0.4 is 32.3 Å². The summed E-state index contributed by atoms with van der Waals surface area (Å²) in [5.41, 5.74) is 5.82. The highest BCUT2D eigenvalue weighted by Crippen LogP contribution is 2.15. The molecule has 1 aromatic carbocycles. The van der Waals surface area contributed by atoms with Gasteiger partial charge in [-0.2, -0.15) is 0 Å². The maximum atomic E-state index is 13.4. The fourth-order valence-electron chi connectivity index (χ4n) is 4.95. The third kappa shape index (κ3) is 16.7. The second-order valence-electron chi connectivity index (χ2n) is 13.9. The number of carbonyl (C=O) groups is 8. The zero-order valence-electron chi connectivity index (χ0n) is 30.6. The summed E-state index contributed by atoms with van der Waals surface area (Å²) < 4.78 is 5.23. The van der Waals surface area contributed by atoms with E-state index in [1.54, 1.807) is 38.1 Å². The third-order valence-electron chi connectivity index (χ3n) is 7.67. The van der Waals surface area contributed by atoms with Gasteiger partial charge >= 0.3 is 18.1 Å². The van der Waals surface area contributed by atoms with E-state index in [1.807, 2.05) is 20.8 Å². The van der Waals surface area contributed by atoms with Gasteiger partial charge in [0, 0.05) is 43.5 Å². The number of unbranched alkanes of at least 4 members (excludes halogenated alkanes) is 3. The van der Waals surface area contributed by atoms with Crippen molar-refractivity contribution in [3.05, 3.63) is 29.8 Å². The minimum absolute atomic E-state index is 0.0182. The van der Waals surface area contributed by atoms with Gasteiger partial charge in [0.1, 0.15) is 18.7 Å². The first-order valence-corrected chi connectivity index (χ1v) is 17.5. The summed E-state index contributed by atoms with van der Waals surface area (Å²) >= 11 is 0. The van der Waals surface area contributed by atoms with Gasteiger partial charge in [0.2, 0.25) is 17.7 Å². The van der Waals surface area contributed by atoms with Gasteiger partial charge in [-0.3, -0.25) is 24.0 Å². The summed E-state index contributed by atoms with van der Waals surface area (Å²) in [5.74, 6) is -3.49. The van der Waals surface area contributed by atoms with E-state index in [-0.39, 0.29) is 57.1 Å². The van der Waals surface area contributed by atoms with E-state index in [9.17, 15) is 38.4 Å². The van der Waals surface area contributed by atoms with Gasteiger partial charge in [-0.1, -0.05) is 38.8 Å². The van der Waals surface area contributed by atoms with Crippen molar-refractivity contribution in [2.75, 3.05) is 11.9 Å². The molecule has 0 saturated carbocycles. The minimum Gasteiger partial charge on any atom is -0.445 e. The average Bonchev–Trinajstić information content (AvgIpc) is 3.37. The van der Waals surface area contributed by atoms with Gasteiger partial charge in [0.25, 0.3) is 11.8 Å². The number of rotatable bonds is 20. The predicted octanol–water partition coefficient (Wildman–Crippen LogP) is 2.67. The SMILES string of the molecule is CC(C)[C@H](NC(=O)CCCCCCC(=O)ON1C(=O)CCC1=O)C(=O)N[C@@H](CCCNC(N)=O)C(=O)Nc1ccc(COC(=O)NC(C)(C)C)cc1. The van der Waals surface area contributed by atoms with Crippen LogP contribution in [0.5, 0.6) is 0 Å². The highest BCUT2D eigenvalue weighted by molar-refractivity contribution is 6.01. The van der Waals surface area contributed by atoms with E-state index in [2.05, 4.69) is 26.6 Å². The van der Waals surface area contributed by atoms with Gasteiger partial charge in [-0.25, -0.2) is 14.4 Å². The Bertz CT molecular complexity index is 1410. The largest absolute Gasteiger partial charge is 0.445 e. The van der Waals surface area contributed by atoms with Crippen molar-refractivity contribution in [3.63, 3.8) is 0 Å².